The molecule has 0 spiro atoms. The number of hydrogen-bond acceptors (Lipinski definition) is 8. The van der Waals surface area contributed by atoms with Gasteiger partial charge in [0.25, 0.3) is 5.56 Å². The molecule has 1 aliphatic heterocycles. The SMILES string of the molecule is CC(=O)O/C=C1/C[C@H](n2cnc3c(=O)[nH]c(N)nc32)O[C@@H]1CO. The Kier molecular flexibility index (Phi) is 3.84. The average Bonchev–Trinajstić information content (AvgIpc) is 3.08. The van der Waals surface area contributed by atoms with Gasteiger partial charge in [-0.25, -0.2) is 4.98 Å². The molecular weight excluding hydrogens is 306 g/mol. The minimum Gasteiger partial charge on any atom is -0.435 e. The van der Waals surface area contributed by atoms with E-state index in [1.54, 1.807) is 4.57 Å². The van der Waals surface area contributed by atoms with Gasteiger partial charge < -0.3 is 20.3 Å². The molecule has 0 radical (unpaired) electrons. The van der Waals surface area contributed by atoms with Gasteiger partial charge in [-0.2, -0.15) is 4.98 Å². The summed E-state index contributed by atoms with van der Waals surface area (Å²) in [4.78, 5) is 33.1. The van der Waals surface area contributed by atoms with Gasteiger partial charge >= 0.3 is 5.97 Å². The second kappa shape index (κ2) is 5.82. The van der Waals surface area contributed by atoms with Crippen LogP contribution in [0.5, 0.6) is 0 Å². The lowest BCUT2D eigenvalue weighted by molar-refractivity contribution is -0.135. The minimum atomic E-state index is -0.615. The van der Waals surface area contributed by atoms with E-state index < -0.39 is 23.9 Å². The number of H-pyrrole nitrogens is 1. The maximum atomic E-state index is 11.8. The Hall–Kier alpha value is -2.72. The van der Waals surface area contributed by atoms with Gasteiger partial charge in [-0.05, 0) is 0 Å². The Morgan fingerprint density at radius 2 is 2.48 bits per heavy atom. The van der Waals surface area contributed by atoms with E-state index in [1.165, 1.54) is 19.5 Å². The van der Waals surface area contributed by atoms with E-state index in [0.29, 0.717) is 12.0 Å². The van der Waals surface area contributed by atoms with Gasteiger partial charge in [-0.1, -0.05) is 0 Å². The third kappa shape index (κ3) is 2.81. The number of ether oxygens (including phenoxy) is 2. The van der Waals surface area contributed by atoms with Crippen LogP contribution < -0.4 is 11.3 Å². The van der Waals surface area contributed by atoms with Gasteiger partial charge in [0.1, 0.15) is 12.3 Å². The number of aliphatic hydroxyl groups excluding tert-OH is 1. The summed E-state index contributed by atoms with van der Waals surface area (Å²) in [6.07, 6.45) is 1.87. The van der Waals surface area contributed by atoms with Crippen LogP contribution in [0.4, 0.5) is 5.95 Å². The Morgan fingerprint density at radius 3 is 3.17 bits per heavy atom. The molecule has 122 valence electrons. The normalized spacial score (nSPS) is 22.8. The summed E-state index contributed by atoms with van der Waals surface area (Å²) in [7, 11) is 0. The number of fused-ring (bicyclic) bond motifs is 1. The third-order valence-electron chi connectivity index (χ3n) is 3.45. The second-order valence-electron chi connectivity index (χ2n) is 5.04. The second-order valence-corrected chi connectivity index (χ2v) is 5.04. The van der Waals surface area contributed by atoms with Crippen molar-refractivity contribution >= 4 is 23.1 Å². The fourth-order valence-electron chi connectivity index (χ4n) is 2.42. The number of rotatable bonds is 3. The van der Waals surface area contributed by atoms with Crippen molar-refractivity contribution in [2.24, 2.45) is 0 Å². The molecule has 4 N–H and O–H groups in total. The van der Waals surface area contributed by atoms with Crippen LogP contribution >= 0.6 is 0 Å². The predicted octanol–water partition coefficient (Wildman–Crippen LogP) is -0.571. The summed E-state index contributed by atoms with van der Waals surface area (Å²) in [6.45, 7) is 1.01. The number of nitrogens with zero attached hydrogens (tertiary/aromatic N) is 3. The average molecular weight is 321 g/mol. The molecular formula is C13H15N5O5. The van der Waals surface area contributed by atoms with Crippen molar-refractivity contribution in [3.63, 3.8) is 0 Å². The van der Waals surface area contributed by atoms with Gasteiger partial charge in [0.2, 0.25) is 5.95 Å². The van der Waals surface area contributed by atoms with E-state index in [2.05, 4.69) is 15.0 Å². The maximum absolute atomic E-state index is 11.8. The molecule has 10 heteroatoms. The van der Waals surface area contributed by atoms with Crippen molar-refractivity contribution in [2.75, 3.05) is 12.3 Å². The highest BCUT2D eigenvalue weighted by atomic mass is 16.5. The fraction of sp³-hybridized carbons (Fsp3) is 0.385. The van der Waals surface area contributed by atoms with Crippen molar-refractivity contribution in [3.05, 3.63) is 28.5 Å². The van der Waals surface area contributed by atoms with Crippen LogP contribution in [0, 0.1) is 0 Å². The van der Waals surface area contributed by atoms with E-state index in [4.69, 9.17) is 15.2 Å². The van der Waals surface area contributed by atoms with Crippen molar-refractivity contribution in [1.29, 1.82) is 0 Å². The summed E-state index contributed by atoms with van der Waals surface area (Å²) in [5, 5.41) is 9.40. The lowest BCUT2D eigenvalue weighted by Gasteiger charge is -2.13. The van der Waals surface area contributed by atoms with E-state index >= 15 is 0 Å². The number of aromatic nitrogens is 4. The zero-order chi connectivity index (χ0) is 16.6. The molecule has 0 aliphatic carbocycles. The van der Waals surface area contributed by atoms with Crippen LogP contribution in [-0.4, -0.2) is 43.3 Å². The highest BCUT2D eigenvalue weighted by Crippen LogP contribution is 2.34. The fourth-order valence-corrected chi connectivity index (χ4v) is 2.42. The quantitative estimate of drug-likeness (QED) is 0.503. The molecule has 3 rings (SSSR count). The number of anilines is 1. The molecule has 0 amide bonds. The molecule has 10 nitrogen and oxygen atoms in total. The molecule has 0 unspecified atom stereocenters. The lowest BCUT2D eigenvalue weighted by atomic mass is 10.1. The first-order valence-electron chi connectivity index (χ1n) is 6.84. The van der Waals surface area contributed by atoms with Gasteiger partial charge in [0.15, 0.2) is 11.2 Å². The number of esters is 1. The molecule has 0 saturated carbocycles. The number of aromatic amines is 1. The molecule has 2 aromatic rings. The number of imidazole rings is 1. The monoisotopic (exact) mass is 321 g/mol. The molecule has 2 aromatic heterocycles. The van der Waals surface area contributed by atoms with Crippen molar-refractivity contribution in [3.8, 4) is 0 Å². The van der Waals surface area contributed by atoms with Crippen LogP contribution in [0.15, 0.2) is 23.0 Å². The molecule has 1 aliphatic rings. The van der Waals surface area contributed by atoms with Crippen LogP contribution in [0.3, 0.4) is 0 Å². The first kappa shape index (κ1) is 15.2. The number of nitrogens with two attached hydrogens (primary N) is 1. The first-order chi connectivity index (χ1) is 11.0. The zero-order valence-electron chi connectivity index (χ0n) is 12.2. The molecule has 1 saturated heterocycles. The first-order valence-corrected chi connectivity index (χ1v) is 6.84. The van der Waals surface area contributed by atoms with Gasteiger partial charge in [0, 0.05) is 18.9 Å². The molecule has 2 atom stereocenters. The Bertz CT molecular complexity index is 839. The van der Waals surface area contributed by atoms with Crippen molar-refractivity contribution in [1.82, 2.24) is 19.5 Å². The molecule has 1 fully saturated rings. The van der Waals surface area contributed by atoms with E-state index in [9.17, 15) is 14.7 Å². The summed E-state index contributed by atoms with van der Waals surface area (Å²) in [6, 6.07) is 0. The molecule has 23 heavy (non-hydrogen) atoms. The number of nitrogens with one attached hydrogen (secondary N) is 1. The molecule has 3 heterocycles. The number of aliphatic hydroxyl groups is 1. The van der Waals surface area contributed by atoms with Gasteiger partial charge in [0.05, 0.1) is 19.2 Å². The lowest BCUT2D eigenvalue weighted by Crippen LogP contribution is -2.16. The number of carbonyl (C=O) groups excluding carboxylic acids is 1. The van der Waals surface area contributed by atoms with Crippen molar-refractivity contribution < 1.29 is 19.4 Å². The summed E-state index contributed by atoms with van der Waals surface area (Å²) in [5.74, 6) is -0.497. The highest BCUT2D eigenvalue weighted by molar-refractivity contribution is 5.70. The minimum absolute atomic E-state index is 0.0309. The number of nitrogen functional groups attached to an aromatic ring is 1. The molecule has 0 bridgehead atoms. The smallest absolute Gasteiger partial charge is 0.307 e. The zero-order valence-corrected chi connectivity index (χ0v) is 12.2. The van der Waals surface area contributed by atoms with Crippen molar-refractivity contribution in [2.45, 2.75) is 25.7 Å². The predicted molar refractivity (Wildman–Crippen MR) is 78.0 cm³/mol. The van der Waals surface area contributed by atoms with E-state index in [0.717, 1.165) is 0 Å². The largest absolute Gasteiger partial charge is 0.435 e. The topological polar surface area (TPSA) is 145 Å². The number of hydrogen-bond donors (Lipinski definition) is 3. The third-order valence-corrected chi connectivity index (χ3v) is 3.45. The summed E-state index contributed by atoms with van der Waals surface area (Å²) in [5.41, 5.74) is 6.15. The van der Waals surface area contributed by atoms with Crippen LogP contribution in [0.25, 0.3) is 11.2 Å². The standard InChI is InChI=1S/C13H15N5O5/c1-6(20)22-4-7-2-9(23-8(7)3-19)18-5-15-10-11(18)16-13(14)17-12(10)21/h4-5,8-9,19H,2-3H2,1H3,(H3,14,16,17,21)/b7-4-/t8-,9-/m1/s1. The highest BCUT2D eigenvalue weighted by Gasteiger charge is 2.32. The van der Waals surface area contributed by atoms with E-state index in [-0.39, 0.29) is 23.7 Å². The maximum Gasteiger partial charge on any atom is 0.307 e. The summed E-state index contributed by atoms with van der Waals surface area (Å²) >= 11 is 0. The Morgan fingerprint density at radius 1 is 1.70 bits per heavy atom. The Labute approximate surface area is 129 Å². The number of carbonyl (C=O) groups is 1. The molecule has 0 aromatic carbocycles. The Balaban J connectivity index is 1.95. The summed E-state index contributed by atoms with van der Waals surface area (Å²) < 4.78 is 12.1. The van der Waals surface area contributed by atoms with Gasteiger partial charge in [-0.3, -0.25) is 19.1 Å². The van der Waals surface area contributed by atoms with Crippen LogP contribution in [-0.2, 0) is 14.3 Å². The van der Waals surface area contributed by atoms with Gasteiger partial charge in [-0.15, -0.1) is 0 Å². The van der Waals surface area contributed by atoms with E-state index in [1.807, 2.05) is 0 Å². The van der Waals surface area contributed by atoms with Crippen LogP contribution in [0.1, 0.15) is 19.6 Å². The van der Waals surface area contributed by atoms with Crippen LogP contribution in [0.2, 0.25) is 0 Å².